The molecular weight excluding hydrogens is 242 g/mol. The number of benzene rings is 1. The fraction of sp³-hybridized carbons (Fsp3) is 0.357. The lowest BCUT2D eigenvalue weighted by Crippen LogP contribution is -2.40. The Hall–Kier alpha value is -2.35. The van der Waals surface area contributed by atoms with Gasteiger partial charge in [-0.25, -0.2) is 0 Å². The van der Waals surface area contributed by atoms with Crippen molar-refractivity contribution in [1.29, 1.82) is 5.26 Å². The van der Waals surface area contributed by atoms with Crippen LogP contribution in [0, 0.1) is 11.3 Å². The van der Waals surface area contributed by atoms with Crippen LogP contribution in [-0.4, -0.2) is 23.8 Å². The number of nitriles is 1. The monoisotopic (exact) mass is 257 g/mol. The van der Waals surface area contributed by atoms with Crippen molar-refractivity contribution in [2.75, 3.05) is 6.54 Å². The van der Waals surface area contributed by atoms with Crippen molar-refractivity contribution in [3.05, 3.63) is 35.4 Å². The highest BCUT2D eigenvalue weighted by atomic mass is 16.7. The maximum atomic E-state index is 11.9. The van der Waals surface area contributed by atoms with Crippen molar-refractivity contribution in [2.24, 2.45) is 5.16 Å². The third kappa shape index (κ3) is 3.10. The van der Waals surface area contributed by atoms with Gasteiger partial charge in [0.25, 0.3) is 5.91 Å². The zero-order chi connectivity index (χ0) is 13.9. The molecule has 1 N–H and O–H groups in total. The predicted octanol–water partition coefficient (Wildman–Crippen LogP) is 1.84. The van der Waals surface area contributed by atoms with Crippen LogP contribution < -0.4 is 5.32 Å². The van der Waals surface area contributed by atoms with Crippen LogP contribution in [0.5, 0.6) is 0 Å². The standard InChI is InChI=1S/C14H15N3O2/c1-10-7-14(2,19-17-10)9-16-13(18)12-5-3-11(8-15)4-6-12/h3-6H,7,9H2,1-2H3,(H,16,18). The van der Waals surface area contributed by atoms with Crippen LogP contribution in [-0.2, 0) is 4.84 Å². The summed E-state index contributed by atoms with van der Waals surface area (Å²) < 4.78 is 0. The summed E-state index contributed by atoms with van der Waals surface area (Å²) in [6, 6.07) is 8.52. The molecule has 19 heavy (non-hydrogen) atoms. The summed E-state index contributed by atoms with van der Waals surface area (Å²) in [5.41, 5.74) is 1.52. The van der Waals surface area contributed by atoms with Gasteiger partial charge in [-0.2, -0.15) is 5.26 Å². The van der Waals surface area contributed by atoms with Gasteiger partial charge in [-0.05, 0) is 38.1 Å². The molecule has 0 spiro atoms. The van der Waals surface area contributed by atoms with E-state index < -0.39 is 5.60 Å². The zero-order valence-corrected chi connectivity index (χ0v) is 10.9. The molecule has 1 aliphatic rings. The summed E-state index contributed by atoms with van der Waals surface area (Å²) in [5.74, 6) is -0.182. The summed E-state index contributed by atoms with van der Waals surface area (Å²) in [6.45, 7) is 4.20. The fourth-order valence-electron chi connectivity index (χ4n) is 1.95. The first-order valence-corrected chi connectivity index (χ1v) is 6.02. The second kappa shape index (κ2) is 5.11. The number of nitrogens with one attached hydrogen (secondary N) is 1. The number of carbonyl (C=O) groups is 1. The molecule has 1 heterocycles. The molecule has 0 bridgehead atoms. The molecule has 1 unspecified atom stereocenters. The molecular formula is C14H15N3O2. The first kappa shape index (κ1) is 13.1. The number of oxime groups is 1. The Morgan fingerprint density at radius 3 is 2.74 bits per heavy atom. The first-order valence-electron chi connectivity index (χ1n) is 6.02. The smallest absolute Gasteiger partial charge is 0.251 e. The van der Waals surface area contributed by atoms with E-state index in [2.05, 4.69) is 10.5 Å². The van der Waals surface area contributed by atoms with E-state index in [-0.39, 0.29) is 5.91 Å². The lowest BCUT2D eigenvalue weighted by Gasteiger charge is -2.21. The number of carbonyl (C=O) groups excluding carboxylic acids is 1. The van der Waals surface area contributed by atoms with Gasteiger partial charge in [0.05, 0.1) is 23.9 Å². The Morgan fingerprint density at radius 2 is 2.21 bits per heavy atom. The van der Waals surface area contributed by atoms with Crippen LogP contribution in [0.25, 0.3) is 0 Å². The number of hydrogen-bond acceptors (Lipinski definition) is 4. The van der Waals surface area contributed by atoms with Crippen molar-refractivity contribution >= 4 is 11.6 Å². The summed E-state index contributed by atoms with van der Waals surface area (Å²) in [7, 11) is 0. The molecule has 1 aliphatic heterocycles. The van der Waals surface area contributed by atoms with E-state index in [1.807, 2.05) is 19.9 Å². The Balaban J connectivity index is 1.93. The van der Waals surface area contributed by atoms with Gasteiger partial charge >= 0.3 is 0 Å². The molecule has 2 rings (SSSR count). The van der Waals surface area contributed by atoms with Crippen molar-refractivity contribution in [3.8, 4) is 6.07 Å². The average Bonchev–Trinajstić information content (AvgIpc) is 2.76. The van der Waals surface area contributed by atoms with E-state index in [0.717, 1.165) is 5.71 Å². The van der Waals surface area contributed by atoms with Crippen LogP contribution in [0.15, 0.2) is 29.4 Å². The SMILES string of the molecule is CC1=NOC(C)(CNC(=O)c2ccc(C#N)cc2)C1. The minimum absolute atomic E-state index is 0.182. The van der Waals surface area contributed by atoms with E-state index in [9.17, 15) is 4.79 Å². The molecule has 0 aromatic heterocycles. The van der Waals surface area contributed by atoms with Gasteiger partial charge in [0.2, 0.25) is 0 Å². The van der Waals surface area contributed by atoms with Crippen molar-refractivity contribution < 1.29 is 9.63 Å². The van der Waals surface area contributed by atoms with Gasteiger partial charge in [0.15, 0.2) is 5.60 Å². The zero-order valence-electron chi connectivity index (χ0n) is 10.9. The second-order valence-corrected chi connectivity index (χ2v) is 4.92. The molecule has 0 radical (unpaired) electrons. The summed E-state index contributed by atoms with van der Waals surface area (Å²) in [6.07, 6.45) is 0.709. The minimum Gasteiger partial charge on any atom is -0.387 e. The summed E-state index contributed by atoms with van der Waals surface area (Å²) in [4.78, 5) is 17.2. The number of hydrogen-bond donors (Lipinski definition) is 1. The average molecular weight is 257 g/mol. The van der Waals surface area contributed by atoms with E-state index in [4.69, 9.17) is 10.1 Å². The molecule has 0 fully saturated rings. The van der Waals surface area contributed by atoms with Crippen LogP contribution in [0.1, 0.15) is 36.2 Å². The first-order chi connectivity index (χ1) is 9.02. The Bertz CT molecular complexity index is 557. The topological polar surface area (TPSA) is 74.5 Å². The number of rotatable bonds is 3. The van der Waals surface area contributed by atoms with E-state index in [0.29, 0.717) is 24.1 Å². The third-order valence-electron chi connectivity index (χ3n) is 2.95. The third-order valence-corrected chi connectivity index (χ3v) is 2.95. The van der Waals surface area contributed by atoms with Crippen molar-refractivity contribution in [1.82, 2.24) is 5.32 Å². The van der Waals surface area contributed by atoms with E-state index in [1.54, 1.807) is 24.3 Å². The molecule has 98 valence electrons. The van der Waals surface area contributed by atoms with Crippen LogP contribution in [0.4, 0.5) is 0 Å². The molecule has 0 aliphatic carbocycles. The molecule has 0 saturated heterocycles. The van der Waals surface area contributed by atoms with Crippen LogP contribution in [0.2, 0.25) is 0 Å². The van der Waals surface area contributed by atoms with E-state index in [1.165, 1.54) is 0 Å². The fourth-order valence-corrected chi connectivity index (χ4v) is 1.95. The predicted molar refractivity (Wildman–Crippen MR) is 70.7 cm³/mol. The Kier molecular flexibility index (Phi) is 3.52. The number of nitrogens with zero attached hydrogens (tertiary/aromatic N) is 2. The molecule has 5 nitrogen and oxygen atoms in total. The van der Waals surface area contributed by atoms with E-state index >= 15 is 0 Å². The highest BCUT2D eigenvalue weighted by molar-refractivity contribution is 5.94. The van der Waals surface area contributed by atoms with Gasteiger partial charge in [-0.15, -0.1) is 0 Å². The summed E-state index contributed by atoms with van der Waals surface area (Å²) >= 11 is 0. The second-order valence-electron chi connectivity index (χ2n) is 4.92. The highest BCUT2D eigenvalue weighted by Crippen LogP contribution is 2.22. The molecule has 1 aromatic carbocycles. The van der Waals surface area contributed by atoms with Gasteiger partial charge in [0.1, 0.15) is 0 Å². The normalized spacial score (nSPS) is 21.2. The summed E-state index contributed by atoms with van der Waals surface area (Å²) in [5, 5.41) is 15.4. The quantitative estimate of drug-likeness (QED) is 0.897. The minimum atomic E-state index is -0.466. The lowest BCUT2D eigenvalue weighted by molar-refractivity contribution is -0.00181. The molecule has 1 atom stereocenters. The van der Waals surface area contributed by atoms with Crippen LogP contribution in [0.3, 0.4) is 0 Å². The van der Waals surface area contributed by atoms with Crippen molar-refractivity contribution in [3.63, 3.8) is 0 Å². The number of amides is 1. The lowest BCUT2D eigenvalue weighted by atomic mass is 10.0. The van der Waals surface area contributed by atoms with Gasteiger partial charge in [-0.3, -0.25) is 4.79 Å². The van der Waals surface area contributed by atoms with Gasteiger partial charge in [0, 0.05) is 12.0 Å². The Labute approximate surface area is 111 Å². The maximum Gasteiger partial charge on any atom is 0.251 e. The highest BCUT2D eigenvalue weighted by Gasteiger charge is 2.32. The molecule has 5 heteroatoms. The molecule has 1 amide bonds. The van der Waals surface area contributed by atoms with Crippen LogP contribution >= 0.6 is 0 Å². The largest absolute Gasteiger partial charge is 0.387 e. The Morgan fingerprint density at radius 1 is 1.53 bits per heavy atom. The van der Waals surface area contributed by atoms with Gasteiger partial charge in [-0.1, -0.05) is 5.16 Å². The maximum absolute atomic E-state index is 11.9. The van der Waals surface area contributed by atoms with Crippen molar-refractivity contribution in [2.45, 2.75) is 25.9 Å². The molecule has 1 aromatic rings. The van der Waals surface area contributed by atoms with Gasteiger partial charge < -0.3 is 10.2 Å². The molecule has 0 saturated carbocycles.